The third-order valence-electron chi connectivity index (χ3n) is 4.30. The molecule has 3 rings (SSSR count). The van der Waals surface area contributed by atoms with E-state index in [0.717, 1.165) is 16.7 Å². The number of hydrogen-bond acceptors (Lipinski definition) is 4. The van der Waals surface area contributed by atoms with E-state index in [4.69, 9.17) is 5.11 Å². The summed E-state index contributed by atoms with van der Waals surface area (Å²) in [5.41, 5.74) is 2.56. The van der Waals surface area contributed by atoms with Gasteiger partial charge in [0.05, 0.1) is 0 Å². The normalized spacial score (nSPS) is 11.7. The van der Waals surface area contributed by atoms with Crippen molar-refractivity contribution in [3.63, 3.8) is 0 Å². The molecule has 2 aromatic carbocycles. The lowest BCUT2D eigenvalue weighted by Gasteiger charge is -2.17. The average Bonchev–Trinajstić information content (AvgIpc) is 3.14. The number of aromatic amines is 2. The van der Waals surface area contributed by atoms with Crippen LogP contribution in [0.5, 0.6) is 0 Å². The van der Waals surface area contributed by atoms with Crippen molar-refractivity contribution in [3.05, 3.63) is 76.5 Å². The highest BCUT2D eigenvalue weighted by Crippen LogP contribution is 2.20. The van der Waals surface area contributed by atoms with E-state index in [1.807, 2.05) is 54.6 Å². The summed E-state index contributed by atoms with van der Waals surface area (Å²) >= 11 is 0. The predicted molar refractivity (Wildman–Crippen MR) is 103 cm³/mol. The SMILES string of the molecule is O=C(O)CCC(Cc1ccc(-c2ccccc2)cc1)NC(=O)c1n[nH]c(=O)[nH]1. The number of carbonyl (C=O) groups is 2. The van der Waals surface area contributed by atoms with Crippen molar-refractivity contribution in [2.24, 2.45) is 0 Å². The number of hydrogen-bond donors (Lipinski definition) is 4. The number of nitrogens with zero attached hydrogens (tertiary/aromatic N) is 1. The number of carboxylic acids is 1. The molecule has 1 amide bonds. The van der Waals surface area contributed by atoms with E-state index in [-0.39, 0.29) is 18.7 Å². The molecule has 0 fully saturated rings. The van der Waals surface area contributed by atoms with Crippen molar-refractivity contribution in [3.8, 4) is 11.1 Å². The lowest BCUT2D eigenvalue weighted by molar-refractivity contribution is -0.137. The largest absolute Gasteiger partial charge is 0.481 e. The van der Waals surface area contributed by atoms with Gasteiger partial charge in [-0.2, -0.15) is 0 Å². The number of amides is 1. The van der Waals surface area contributed by atoms with Crippen molar-refractivity contribution < 1.29 is 14.7 Å². The Balaban J connectivity index is 1.70. The number of aliphatic carboxylic acids is 1. The molecule has 0 aliphatic heterocycles. The van der Waals surface area contributed by atoms with E-state index in [1.54, 1.807) is 0 Å². The van der Waals surface area contributed by atoms with Crippen LogP contribution >= 0.6 is 0 Å². The zero-order valence-corrected chi connectivity index (χ0v) is 15.0. The third-order valence-corrected chi connectivity index (χ3v) is 4.30. The predicted octanol–water partition coefficient (Wildman–Crippen LogP) is 1.97. The fourth-order valence-corrected chi connectivity index (χ4v) is 2.90. The molecule has 1 aromatic heterocycles. The number of carbonyl (C=O) groups excluding carboxylic acids is 1. The fourth-order valence-electron chi connectivity index (χ4n) is 2.90. The molecule has 4 N–H and O–H groups in total. The van der Waals surface area contributed by atoms with Crippen LogP contribution in [0.1, 0.15) is 29.0 Å². The highest BCUT2D eigenvalue weighted by molar-refractivity contribution is 5.90. The van der Waals surface area contributed by atoms with Crippen molar-refractivity contribution in [1.82, 2.24) is 20.5 Å². The highest BCUT2D eigenvalue weighted by Gasteiger charge is 2.18. The quantitative estimate of drug-likeness (QED) is 0.475. The summed E-state index contributed by atoms with van der Waals surface area (Å²) in [5, 5.41) is 17.4. The molecule has 0 radical (unpaired) electrons. The van der Waals surface area contributed by atoms with Crippen LogP contribution < -0.4 is 11.0 Å². The zero-order chi connectivity index (χ0) is 19.9. The maximum Gasteiger partial charge on any atom is 0.341 e. The molecule has 28 heavy (non-hydrogen) atoms. The Labute approximate surface area is 160 Å². The second-order valence-corrected chi connectivity index (χ2v) is 6.40. The van der Waals surface area contributed by atoms with Gasteiger partial charge in [0.25, 0.3) is 5.91 Å². The van der Waals surface area contributed by atoms with E-state index in [9.17, 15) is 14.4 Å². The summed E-state index contributed by atoms with van der Waals surface area (Å²) in [4.78, 5) is 36.6. The molecule has 0 spiro atoms. The standard InChI is InChI=1S/C20H20N4O4/c25-17(26)11-10-16(21-19(27)18-22-20(28)24-23-18)12-13-6-8-15(9-7-13)14-4-2-1-3-5-14/h1-9,16H,10-12H2,(H,21,27)(H,25,26)(H2,22,23,24,28). The third kappa shape index (κ3) is 5.16. The molecule has 1 unspecified atom stereocenters. The van der Waals surface area contributed by atoms with Gasteiger partial charge in [-0.25, -0.2) is 9.89 Å². The van der Waals surface area contributed by atoms with Gasteiger partial charge >= 0.3 is 11.7 Å². The lowest BCUT2D eigenvalue weighted by Crippen LogP contribution is -2.37. The second-order valence-electron chi connectivity index (χ2n) is 6.40. The molecule has 8 heteroatoms. The number of H-pyrrole nitrogens is 2. The Morgan fingerprint density at radius 2 is 1.71 bits per heavy atom. The van der Waals surface area contributed by atoms with Crippen LogP contribution in [0.15, 0.2) is 59.4 Å². The minimum absolute atomic E-state index is 0.0792. The molecule has 0 bridgehead atoms. The monoisotopic (exact) mass is 380 g/mol. The van der Waals surface area contributed by atoms with Crippen LogP contribution in [0.2, 0.25) is 0 Å². The van der Waals surface area contributed by atoms with Gasteiger partial charge in [0.1, 0.15) is 0 Å². The van der Waals surface area contributed by atoms with Crippen molar-refractivity contribution in [2.75, 3.05) is 0 Å². The molecule has 0 aliphatic rings. The molecular formula is C20H20N4O4. The first-order valence-corrected chi connectivity index (χ1v) is 8.83. The summed E-state index contributed by atoms with van der Waals surface area (Å²) in [6, 6.07) is 17.4. The molecular weight excluding hydrogens is 360 g/mol. The van der Waals surface area contributed by atoms with Gasteiger partial charge in [0, 0.05) is 12.5 Å². The zero-order valence-electron chi connectivity index (χ0n) is 15.0. The van der Waals surface area contributed by atoms with Crippen LogP contribution in [0.25, 0.3) is 11.1 Å². The molecule has 0 saturated heterocycles. The van der Waals surface area contributed by atoms with E-state index >= 15 is 0 Å². The molecule has 1 heterocycles. The molecule has 0 aliphatic carbocycles. The number of rotatable bonds is 8. The smallest absolute Gasteiger partial charge is 0.341 e. The maximum absolute atomic E-state index is 12.2. The Hall–Kier alpha value is -3.68. The summed E-state index contributed by atoms with van der Waals surface area (Å²) in [6.45, 7) is 0. The van der Waals surface area contributed by atoms with Crippen molar-refractivity contribution in [2.45, 2.75) is 25.3 Å². The van der Waals surface area contributed by atoms with E-state index in [2.05, 4.69) is 20.5 Å². The average molecular weight is 380 g/mol. The number of aromatic nitrogens is 3. The van der Waals surface area contributed by atoms with Gasteiger partial charge in [0.15, 0.2) is 0 Å². The van der Waals surface area contributed by atoms with E-state index < -0.39 is 23.6 Å². The summed E-state index contributed by atoms with van der Waals surface area (Å²) in [6.07, 6.45) is 0.642. The Morgan fingerprint density at radius 1 is 1.04 bits per heavy atom. The Morgan fingerprint density at radius 3 is 2.32 bits per heavy atom. The minimum atomic E-state index is -0.938. The van der Waals surface area contributed by atoms with Gasteiger partial charge in [-0.05, 0) is 29.5 Å². The Kier molecular flexibility index (Phi) is 6.01. The van der Waals surface area contributed by atoms with Crippen LogP contribution in [0, 0.1) is 0 Å². The van der Waals surface area contributed by atoms with Crippen molar-refractivity contribution >= 4 is 11.9 Å². The fraction of sp³-hybridized carbons (Fsp3) is 0.200. The van der Waals surface area contributed by atoms with Crippen molar-refractivity contribution in [1.29, 1.82) is 0 Å². The summed E-state index contributed by atoms with van der Waals surface area (Å²) < 4.78 is 0. The number of nitrogens with one attached hydrogen (secondary N) is 3. The highest BCUT2D eigenvalue weighted by atomic mass is 16.4. The van der Waals surface area contributed by atoms with Gasteiger partial charge in [0.2, 0.25) is 5.82 Å². The maximum atomic E-state index is 12.2. The van der Waals surface area contributed by atoms with E-state index in [1.165, 1.54) is 0 Å². The molecule has 8 nitrogen and oxygen atoms in total. The topological polar surface area (TPSA) is 128 Å². The first-order valence-electron chi connectivity index (χ1n) is 8.83. The molecule has 0 saturated carbocycles. The summed E-state index contributed by atoms with van der Waals surface area (Å²) in [5.74, 6) is -1.63. The van der Waals surface area contributed by atoms with Crippen LogP contribution in [-0.2, 0) is 11.2 Å². The first-order chi connectivity index (χ1) is 13.5. The van der Waals surface area contributed by atoms with Gasteiger partial charge in [-0.3, -0.25) is 14.6 Å². The molecule has 3 aromatic rings. The van der Waals surface area contributed by atoms with Gasteiger partial charge < -0.3 is 10.4 Å². The number of carboxylic acid groups (broad SMARTS) is 1. The number of benzene rings is 2. The first kappa shape index (κ1) is 19.1. The van der Waals surface area contributed by atoms with E-state index in [0.29, 0.717) is 6.42 Å². The molecule has 1 atom stereocenters. The Bertz CT molecular complexity index is 993. The second kappa shape index (κ2) is 8.81. The lowest BCUT2D eigenvalue weighted by atomic mass is 9.98. The van der Waals surface area contributed by atoms with Crippen LogP contribution in [-0.4, -0.2) is 38.2 Å². The molecule has 144 valence electrons. The van der Waals surface area contributed by atoms with Gasteiger partial charge in [-0.15, -0.1) is 5.10 Å². The van der Waals surface area contributed by atoms with Crippen LogP contribution in [0.3, 0.4) is 0 Å². The van der Waals surface area contributed by atoms with Crippen LogP contribution in [0.4, 0.5) is 0 Å². The van der Waals surface area contributed by atoms with Gasteiger partial charge in [-0.1, -0.05) is 54.6 Å². The minimum Gasteiger partial charge on any atom is -0.481 e. The summed E-state index contributed by atoms with van der Waals surface area (Å²) in [7, 11) is 0.